The molecule has 0 aliphatic heterocycles. The molecule has 0 amide bonds. The van der Waals surface area contributed by atoms with Gasteiger partial charge in [-0.15, -0.1) is 0 Å². The van der Waals surface area contributed by atoms with Gasteiger partial charge >= 0.3 is 0 Å². The molecule has 192 valence electrons. The SMILES string of the molecule is Cc1cccc(C)c1-c1cc2c3c(c1)n1c4cc5ccccc5cc4nc1n3c1nc3cc4ccccc4cc3n21. The molecule has 0 saturated heterocycles. The highest BCUT2D eigenvalue weighted by atomic mass is 15.3. The predicted octanol–water partition coefficient (Wildman–Crippen LogP) is 8.72. The van der Waals surface area contributed by atoms with Crippen molar-refractivity contribution in [1.29, 1.82) is 0 Å². The highest BCUT2D eigenvalue weighted by Crippen LogP contribution is 2.39. The molecular weight excluding hydrogens is 502 g/mol. The molecule has 4 aromatic heterocycles. The molecule has 10 aromatic rings. The van der Waals surface area contributed by atoms with Gasteiger partial charge in [0.25, 0.3) is 0 Å². The van der Waals surface area contributed by atoms with Crippen LogP contribution in [0.1, 0.15) is 11.1 Å². The van der Waals surface area contributed by atoms with Crippen LogP contribution in [0.3, 0.4) is 0 Å². The zero-order valence-electron chi connectivity index (χ0n) is 22.6. The average Bonchev–Trinajstić information content (AvgIpc) is 3.69. The lowest BCUT2D eigenvalue weighted by Crippen LogP contribution is -1.91. The van der Waals surface area contributed by atoms with E-state index in [1.54, 1.807) is 0 Å². The van der Waals surface area contributed by atoms with Gasteiger partial charge in [0.1, 0.15) is 5.52 Å². The third kappa shape index (κ3) is 2.61. The van der Waals surface area contributed by atoms with Crippen molar-refractivity contribution in [3.05, 3.63) is 114 Å². The molecule has 0 spiro atoms. The minimum absolute atomic E-state index is 0.892. The summed E-state index contributed by atoms with van der Waals surface area (Å²) in [5, 5.41) is 4.82. The Morgan fingerprint density at radius 1 is 0.463 bits per heavy atom. The molecule has 5 heteroatoms. The number of benzene rings is 6. The molecule has 0 unspecified atom stereocenters. The Bertz CT molecular complexity index is 2540. The average molecular weight is 526 g/mol. The zero-order valence-corrected chi connectivity index (χ0v) is 22.6. The molecular formula is C36H23N5. The van der Waals surface area contributed by atoms with Gasteiger partial charge in [0.2, 0.25) is 11.6 Å². The summed E-state index contributed by atoms with van der Waals surface area (Å²) in [6, 6.07) is 37.2. The summed E-state index contributed by atoms with van der Waals surface area (Å²) < 4.78 is 6.92. The van der Waals surface area contributed by atoms with Gasteiger partial charge in [-0.3, -0.25) is 8.80 Å². The Kier molecular flexibility index (Phi) is 3.76. The maximum atomic E-state index is 5.24. The van der Waals surface area contributed by atoms with Crippen molar-refractivity contribution < 1.29 is 0 Å². The van der Waals surface area contributed by atoms with Crippen molar-refractivity contribution >= 4 is 71.7 Å². The second-order valence-electron chi connectivity index (χ2n) is 11.3. The fourth-order valence-electron chi connectivity index (χ4n) is 7.15. The molecule has 0 radical (unpaired) electrons. The zero-order chi connectivity index (χ0) is 27.0. The van der Waals surface area contributed by atoms with Gasteiger partial charge in [0.15, 0.2) is 0 Å². The van der Waals surface area contributed by atoms with Gasteiger partial charge in [-0.1, -0.05) is 66.7 Å². The van der Waals surface area contributed by atoms with Crippen LogP contribution in [0.5, 0.6) is 0 Å². The van der Waals surface area contributed by atoms with E-state index in [0.29, 0.717) is 0 Å². The van der Waals surface area contributed by atoms with Gasteiger partial charge < -0.3 is 0 Å². The first-order valence-corrected chi connectivity index (χ1v) is 14.0. The van der Waals surface area contributed by atoms with Crippen molar-refractivity contribution in [2.45, 2.75) is 13.8 Å². The monoisotopic (exact) mass is 525 g/mol. The van der Waals surface area contributed by atoms with E-state index in [2.05, 4.69) is 130 Å². The normalized spacial score (nSPS) is 12.6. The minimum Gasteiger partial charge on any atom is -0.276 e. The van der Waals surface area contributed by atoms with Crippen LogP contribution in [-0.2, 0) is 0 Å². The Balaban J connectivity index is 1.47. The number of rotatable bonds is 1. The van der Waals surface area contributed by atoms with Crippen molar-refractivity contribution in [3.63, 3.8) is 0 Å². The quantitative estimate of drug-likeness (QED) is 0.215. The Hall–Kier alpha value is -5.42. The molecule has 10 rings (SSSR count). The Morgan fingerprint density at radius 3 is 1.41 bits per heavy atom. The van der Waals surface area contributed by atoms with Crippen molar-refractivity contribution in [3.8, 4) is 11.1 Å². The summed E-state index contributed by atoms with van der Waals surface area (Å²) in [5.41, 5.74) is 12.7. The van der Waals surface area contributed by atoms with Crippen molar-refractivity contribution in [1.82, 2.24) is 23.2 Å². The van der Waals surface area contributed by atoms with E-state index in [-0.39, 0.29) is 0 Å². The van der Waals surface area contributed by atoms with Gasteiger partial charge in [-0.2, -0.15) is 0 Å². The number of aromatic nitrogens is 5. The van der Waals surface area contributed by atoms with Crippen LogP contribution in [0, 0.1) is 13.8 Å². The summed E-state index contributed by atoms with van der Waals surface area (Å²) in [5.74, 6) is 1.78. The Labute approximate surface area is 233 Å². The standard InChI is InChI=1S/C36H23N5/c1-20-8-7-9-21(2)33(20)26-18-31-34-32(19-26)40-30-17-25-13-6-4-11-23(25)15-28(30)38-36(40)41(34)35-37-27-14-22-10-3-5-12-24(22)16-29(27)39(31)35/h3-19H,1-2H3. The first-order chi connectivity index (χ1) is 20.1. The molecule has 5 nitrogen and oxygen atoms in total. The molecule has 0 saturated carbocycles. The van der Waals surface area contributed by atoms with E-state index in [4.69, 9.17) is 9.97 Å². The van der Waals surface area contributed by atoms with Gasteiger partial charge in [-0.05, 0) is 94.0 Å². The predicted molar refractivity (Wildman–Crippen MR) is 169 cm³/mol. The van der Waals surface area contributed by atoms with Crippen LogP contribution in [0.25, 0.3) is 82.8 Å². The molecule has 0 atom stereocenters. The topological polar surface area (TPSA) is 39.0 Å². The first-order valence-electron chi connectivity index (χ1n) is 14.0. The highest BCUT2D eigenvalue weighted by Gasteiger charge is 2.25. The van der Waals surface area contributed by atoms with Crippen LogP contribution < -0.4 is 0 Å². The van der Waals surface area contributed by atoms with E-state index in [9.17, 15) is 0 Å². The highest BCUT2D eigenvalue weighted by molar-refractivity contribution is 6.08. The van der Waals surface area contributed by atoms with Gasteiger partial charge in [0.05, 0.1) is 33.1 Å². The smallest absolute Gasteiger partial charge is 0.223 e. The molecule has 0 bridgehead atoms. The van der Waals surface area contributed by atoms with Crippen LogP contribution in [0.4, 0.5) is 0 Å². The number of imidazole rings is 4. The van der Waals surface area contributed by atoms with Crippen LogP contribution in [-0.4, -0.2) is 23.2 Å². The summed E-state index contributed by atoms with van der Waals surface area (Å²) in [6.07, 6.45) is 0. The van der Waals surface area contributed by atoms with E-state index in [0.717, 1.165) is 50.2 Å². The van der Waals surface area contributed by atoms with Crippen LogP contribution in [0.15, 0.2) is 103 Å². The molecule has 0 aliphatic rings. The Morgan fingerprint density at radius 2 is 0.927 bits per heavy atom. The number of aryl methyl sites for hydroxylation is 2. The number of hydrogen-bond donors (Lipinski definition) is 0. The summed E-state index contributed by atoms with van der Waals surface area (Å²) >= 11 is 0. The molecule has 4 heterocycles. The second-order valence-corrected chi connectivity index (χ2v) is 11.3. The minimum atomic E-state index is 0.892. The van der Waals surface area contributed by atoms with E-state index in [1.807, 2.05) is 0 Å². The maximum absolute atomic E-state index is 5.24. The van der Waals surface area contributed by atoms with Gasteiger partial charge in [-0.25, -0.2) is 14.4 Å². The lowest BCUT2D eigenvalue weighted by molar-refractivity contribution is 1.15. The summed E-state index contributed by atoms with van der Waals surface area (Å²) in [6.45, 7) is 4.41. The number of hydrogen-bond acceptors (Lipinski definition) is 2. The fourth-order valence-corrected chi connectivity index (χ4v) is 7.15. The maximum Gasteiger partial charge on any atom is 0.223 e. The van der Waals surface area contributed by atoms with E-state index < -0.39 is 0 Å². The summed E-state index contributed by atoms with van der Waals surface area (Å²) in [4.78, 5) is 10.5. The number of nitrogens with zero attached hydrogens (tertiary/aromatic N) is 5. The largest absolute Gasteiger partial charge is 0.276 e. The van der Waals surface area contributed by atoms with E-state index in [1.165, 1.54) is 43.8 Å². The molecule has 0 fully saturated rings. The molecule has 0 N–H and O–H groups in total. The summed E-state index contributed by atoms with van der Waals surface area (Å²) in [7, 11) is 0. The van der Waals surface area contributed by atoms with Crippen LogP contribution >= 0.6 is 0 Å². The molecule has 41 heavy (non-hydrogen) atoms. The third-order valence-corrected chi connectivity index (χ3v) is 8.95. The van der Waals surface area contributed by atoms with Gasteiger partial charge in [0, 0.05) is 0 Å². The van der Waals surface area contributed by atoms with Crippen molar-refractivity contribution in [2.24, 2.45) is 0 Å². The van der Waals surface area contributed by atoms with Crippen molar-refractivity contribution in [2.75, 3.05) is 0 Å². The first kappa shape index (κ1) is 21.4. The number of fused-ring (bicyclic) bond motifs is 12. The lowest BCUT2D eigenvalue weighted by atomic mass is 9.95. The van der Waals surface area contributed by atoms with E-state index >= 15 is 0 Å². The fraction of sp³-hybridized carbons (Fsp3) is 0.0556. The lowest BCUT2D eigenvalue weighted by Gasteiger charge is -2.11. The van der Waals surface area contributed by atoms with Crippen LogP contribution in [0.2, 0.25) is 0 Å². The third-order valence-electron chi connectivity index (χ3n) is 8.95. The molecule has 0 aliphatic carbocycles. The second kappa shape index (κ2) is 7.20. The molecule has 6 aromatic carbocycles.